The maximum absolute atomic E-state index is 14.9. The number of anilines is 1. The molecule has 2 aliphatic heterocycles. The number of halogens is 2. The van der Waals surface area contributed by atoms with Gasteiger partial charge in [0.1, 0.15) is 17.3 Å². The maximum atomic E-state index is 14.9. The molecule has 2 aromatic carbocycles. The minimum absolute atomic E-state index is 0.0302. The van der Waals surface area contributed by atoms with Crippen molar-refractivity contribution in [1.82, 2.24) is 10.2 Å². The van der Waals surface area contributed by atoms with Crippen LogP contribution in [0.15, 0.2) is 42.1 Å². The van der Waals surface area contributed by atoms with E-state index in [1.54, 1.807) is 12.1 Å². The summed E-state index contributed by atoms with van der Waals surface area (Å²) in [4.78, 5) is 28.1. The lowest BCUT2D eigenvalue weighted by Gasteiger charge is -2.45. The summed E-state index contributed by atoms with van der Waals surface area (Å²) >= 11 is 0. The number of hydrogen-bond acceptors (Lipinski definition) is 3. The molecule has 1 saturated heterocycles. The van der Waals surface area contributed by atoms with Gasteiger partial charge in [-0.2, -0.15) is 0 Å². The Hall–Kier alpha value is -3.22. The van der Waals surface area contributed by atoms with Crippen LogP contribution >= 0.6 is 0 Å². The van der Waals surface area contributed by atoms with Gasteiger partial charge in [-0.15, -0.1) is 0 Å². The first kappa shape index (κ1) is 21.0. The molecule has 2 aromatic rings. The third kappa shape index (κ3) is 3.69. The van der Waals surface area contributed by atoms with Crippen LogP contribution in [0.3, 0.4) is 0 Å². The van der Waals surface area contributed by atoms with Crippen molar-refractivity contribution in [2.45, 2.75) is 45.2 Å². The number of rotatable bonds is 3. The van der Waals surface area contributed by atoms with E-state index >= 15 is 0 Å². The Kier molecular flexibility index (Phi) is 5.07. The lowest BCUT2D eigenvalue weighted by atomic mass is 9.80. The second-order valence-corrected chi connectivity index (χ2v) is 8.88. The maximum Gasteiger partial charge on any atom is 0.329 e. The highest BCUT2D eigenvalue weighted by Gasteiger charge is 2.36. The molecule has 0 saturated carbocycles. The average molecular weight is 425 g/mol. The van der Waals surface area contributed by atoms with Crippen molar-refractivity contribution in [2.24, 2.45) is 0 Å². The molecule has 162 valence electrons. The number of nitrogens with one attached hydrogen (secondary N) is 1. The highest BCUT2D eigenvalue weighted by molar-refractivity contribution is 6.13. The van der Waals surface area contributed by atoms with Gasteiger partial charge in [0.25, 0.3) is 5.91 Å². The number of nitrogens with zero attached hydrogens (tertiary/aromatic N) is 2. The van der Waals surface area contributed by atoms with Crippen molar-refractivity contribution in [2.75, 3.05) is 11.9 Å². The number of imide groups is 1. The van der Waals surface area contributed by atoms with Crippen molar-refractivity contribution in [3.8, 4) is 0 Å². The average Bonchev–Trinajstić information content (AvgIpc) is 2.96. The number of hydrogen-bond donors (Lipinski definition) is 1. The predicted octanol–water partition coefficient (Wildman–Crippen LogP) is 4.78. The van der Waals surface area contributed by atoms with Gasteiger partial charge in [-0.25, -0.2) is 13.6 Å². The Labute approximate surface area is 180 Å². The summed E-state index contributed by atoms with van der Waals surface area (Å²) in [6.45, 7) is 6.15. The smallest absolute Gasteiger partial charge is 0.329 e. The summed E-state index contributed by atoms with van der Waals surface area (Å²) in [5.41, 5.74) is 2.15. The van der Waals surface area contributed by atoms with Gasteiger partial charge in [0.2, 0.25) is 0 Å². The molecule has 2 heterocycles. The molecule has 1 unspecified atom stereocenters. The highest BCUT2D eigenvalue weighted by atomic mass is 19.1. The predicted molar refractivity (Wildman–Crippen MR) is 115 cm³/mol. The third-order valence-corrected chi connectivity index (χ3v) is 6.30. The van der Waals surface area contributed by atoms with Crippen molar-refractivity contribution in [3.63, 3.8) is 0 Å². The van der Waals surface area contributed by atoms with Gasteiger partial charge in [-0.1, -0.05) is 25.1 Å². The van der Waals surface area contributed by atoms with E-state index in [1.807, 2.05) is 7.05 Å². The normalized spacial score (nSPS) is 21.5. The van der Waals surface area contributed by atoms with E-state index in [0.717, 1.165) is 22.6 Å². The fourth-order valence-electron chi connectivity index (χ4n) is 4.38. The van der Waals surface area contributed by atoms with E-state index in [9.17, 15) is 18.4 Å². The lowest BCUT2D eigenvalue weighted by molar-refractivity contribution is -0.123. The van der Waals surface area contributed by atoms with Crippen LogP contribution in [0.25, 0.3) is 6.08 Å². The second kappa shape index (κ2) is 7.48. The van der Waals surface area contributed by atoms with E-state index in [2.05, 4.69) is 31.0 Å². The molecule has 1 atom stereocenters. The molecule has 3 amide bonds. The Morgan fingerprint density at radius 2 is 1.87 bits per heavy atom. The zero-order valence-electron chi connectivity index (χ0n) is 18.0. The van der Waals surface area contributed by atoms with Crippen molar-refractivity contribution < 1.29 is 18.4 Å². The third-order valence-electron chi connectivity index (χ3n) is 6.30. The Bertz CT molecular complexity index is 1110. The molecule has 0 spiro atoms. The standard InChI is InChI=1S/C24H25F2N3O2/c1-14-12-24(2,3)28(4)21-11-19(26)16(9-17(14)21)10-20-22(30)29(23(31)27-20)13-15-7-5-6-8-18(15)25/h5-11,14H,12-13H2,1-4H3,(H,27,31)/b20-10+. The fraction of sp³-hybridized carbons (Fsp3) is 0.333. The number of amides is 3. The molecule has 1 fully saturated rings. The zero-order chi connectivity index (χ0) is 22.5. The quantitative estimate of drug-likeness (QED) is 0.569. The van der Waals surface area contributed by atoms with E-state index in [4.69, 9.17) is 0 Å². The monoisotopic (exact) mass is 425 g/mol. The summed E-state index contributed by atoms with van der Waals surface area (Å²) in [6.07, 6.45) is 2.26. The van der Waals surface area contributed by atoms with Crippen LogP contribution < -0.4 is 10.2 Å². The first-order valence-electron chi connectivity index (χ1n) is 10.2. The molecule has 1 N–H and O–H groups in total. The number of urea groups is 1. The van der Waals surface area contributed by atoms with Crippen LogP contribution in [0.1, 0.15) is 49.8 Å². The molecule has 5 nitrogen and oxygen atoms in total. The SMILES string of the molecule is CC1CC(C)(C)N(C)c2cc(F)c(/C=C3/NC(=O)N(Cc4ccccc4F)C3=O)cc21. The fourth-order valence-corrected chi connectivity index (χ4v) is 4.38. The van der Waals surface area contributed by atoms with E-state index in [-0.39, 0.29) is 34.8 Å². The van der Waals surface area contributed by atoms with Crippen LogP contribution in [0.4, 0.5) is 19.3 Å². The minimum atomic E-state index is -0.660. The first-order chi connectivity index (χ1) is 14.6. The summed E-state index contributed by atoms with van der Waals surface area (Å²) in [6, 6.07) is 8.52. The summed E-state index contributed by atoms with van der Waals surface area (Å²) in [5.74, 6) is -1.37. The zero-order valence-corrected chi connectivity index (χ0v) is 18.0. The van der Waals surface area contributed by atoms with Crippen LogP contribution in [0.5, 0.6) is 0 Å². The molecule has 0 bridgehead atoms. The van der Waals surface area contributed by atoms with Crippen molar-refractivity contribution in [1.29, 1.82) is 0 Å². The van der Waals surface area contributed by atoms with Gasteiger partial charge in [-0.05, 0) is 56.0 Å². The minimum Gasteiger partial charge on any atom is -0.369 e. The van der Waals surface area contributed by atoms with Gasteiger partial charge >= 0.3 is 6.03 Å². The summed E-state index contributed by atoms with van der Waals surface area (Å²) < 4.78 is 28.9. The van der Waals surface area contributed by atoms with Crippen molar-refractivity contribution >= 4 is 23.7 Å². The van der Waals surface area contributed by atoms with Crippen LogP contribution in [0, 0.1) is 11.6 Å². The Morgan fingerprint density at radius 3 is 2.58 bits per heavy atom. The van der Waals surface area contributed by atoms with E-state index < -0.39 is 23.6 Å². The summed E-state index contributed by atoms with van der Waals surface area (Å²) in [5, 5.41) is 2.48. The molecule has 0 radical (unpaired) electrons. The van der Waals surface area contributed by atoms with Gasteiger partial charge in [0.15, 0.2) is 0 Å². The Balaban J connectivity index is 1.65. The molecule has 2 aliphatic rings. The molecule has 0 aliphatic carbocycles. The van der Waals surface area contributed by atoms with Gasteiger partial charge < -0.3 is 10.2 Å². The molecule has 0 aromatic heterocycles. The van der Waals surface area contributed by atoms with Gasteiger partial charge in [0.05, 0.1) is 6.54 Å². The molecular weight excluding hydrogens is 400 g/mol. The molecule has 7 heteroatoms. The van der Waals surface area contributed by atoms with Crippen LogP contribution in [0.2, 0.25) is 0 Å². The largest absolute Gasteiger partial charge is 0.369 e. The summed E-state index contributed by atoms with van der Waals surface area (Å²) in [7, 11) is 1.95. The molecule has 4 rings (SSSR count). The highest BCUT2D eigenvalue weighted by Crippen LogP contribution is 2.43. The number of carbonyl (C=O) groups is 2. The van der Waals surface area contributed by atoms with Gasteiger partial charge in [-0.3, -0.25) is 9.69 Å². The van der Waals surface area contributed by atoms with Crippen LogP contribution in [-0.4, -0.2) is 29.4 Å². The topological polar surface area (TPSA) is 52.7 Å². The molecule has 31 heavy (non-hydrogen) atoms. The lowest BCUT2D eigenvalue weighted by Crippen LogP contribution is -2.45. The number of carbonyl (C=O) groups excluding carboxylic acids is 2. The van der Waals surface area contributed by atoms with Gasteiger partial charge in [0, 0.05) is 29.4 Å². The Morgan fingerprint density at radius 1 is 1.16 bits per heavy atom. The first-order valence-corrected chi connectivity index (χ1v) is 10.2. The van der Waals surface area contributed by atoms with Crippen LogP contribution in [-0.2, 0) is 11.3 Å². The number of benzene rings is 2. The molecular formula is C24H25F2N3O2. The number of fused-ring (bicyclic) bond motifs is 1. The van der Waals surface area contributed by atoms with E-state index in [1.165, 1.54) is 30.3 Å². The second-order valence-electron chi connectivity index (χ2n) is 8.88. The van der Waals surface area contributed by atoms with Crippen molar-refractivity contribution in [3.05, 3.63) is 70.4 Å². The van der Waals surface area contributed by atoms with E-state index in [0.29, 0.717) is 0 Å².